The van der Waals surface area contributed by atoms with Gasteiger partial charge in [-0.05, 0) is 19.8 Å². The Hall–Kier alpha value is -1.52. The molecule has 1 atom stereocenters. The van der Waals surface area contributed by atoms with Crippen LogP contribution in [0.15, 0.2) is 12.2 Å². The first-order valence-electron chi connectivity index (χ1n) is 5.33. The zero-order chi connectivity index (χ0) is 12.0. The molecule has 1 heterocycles. The second-order valence-electron chi connectivity index (χ2n) is 3.52. The van der Waals surface area contributed by atoms with E-state index in [-0.39, 0.29) is 12.6 Å². The van der Waals surface area contributed by atoms with Crippen molar-refractivity contribution in [1.82, 2.24) is 4.90 Å². The summed E-state index contributed by atoms with van der Waals surface area (Å²) < 4.78 is 9.62. The molecule has 1 fully saturated rings. The quantitative estimate of drug-likeness (QED) is 0.539. The maximum absolute atomic E-state index is 11.6. The molecule has 16 heavy (non-hydrogen) atoms. The number of esters is 1. The van der Waals surface area contributed by atoms with Gasteiger partial charge in [-0.1, -0.05) is 12.2 Å². The molecule has 5 heteroatoms. The summed E-state index contributed by atoms with van der Waals surface area (Å²) in [6.45, 7) is 2.65. The average molecular weight is 227 g/mol. The maximum Gasteiger partial charge on any atom is 0.410 e. The molecule has 1 aliphatic rings. The summed E-state index contributed by atoms with van der Waals surface area (Å²) in [5, 5.41) is 0. The summed E-state index contributed by atoms with van der Waals surface area (Å²) in [6, 6.07) is -0.488. The largest absolute Gasteiger partial charge is 0.460 e. The highest BCUT2D eigenvalue weighted by atomic mass is 16.6. The number of ether oxygens (including phenoxy) is 2. The third-order valence-corrected chi connectivity index (χ3v) is 2.49. The molecule has 0 aromatic rings. The topological polar surface area (TPSA) is 55.8 Å². The second kappa shape index (κ2) is 6.15. The number of nitrogens with zero attached hydrogens (tertiary/aromatic N) is 1. The number of allylic oxidation sites excluding steroid dienone is 1. The van der Waals surface area contributed by atoms with Crippen molar-refractivity contribution in [1.29, 1.82) is 0 Å². The molecule has 0 bridgehead atoms. The minimum atomic E-state index is -0.488. The summed E-state index contributed by atoms with van der Waals surface area (Å²) in [5.41, 5.74) is 0. The minimum Gasteiger partial charge on any atom is -0.460 e. The fourth-order valence-electron chi connectivity index (χ4n) is 1.67. The zero-order valence-corrected chi connectivity index (χ0v) is 9.64. The average Bonchev–Trinajstić information content (AvgIpc) is 2.77. The molecule has 0 aromatic carbocycles. The van der Waals surface area contributed by atoms with E-state index in [1.165, 1.54) is 12.0 Å². The van der Waals surface area contributed by atoms with E-state index in [0.29, 0.717) is 13.0 Å². The fraction of sp³-hybridized carbons (Fsp3) is 0.636. The van der Waals surface area contributed by atoms with Crippen molar-refractivity contribution in [3.63, 3.8) is 0 Å². The van der Waals surface area contributed by atoms with E-state index < -0.39 is 12.1 Å². The van der Waals surface area contributed by atoms with Gasteiger partial charge in [-0.3, -0.25) is 4.90 Å². The second-order valence-corrected chi connectivity index (χ2v) is 3.52. The number of likely N-dealkylation sites (tertiary alicyclic amines) is 1. The number of carbonyl (C=O) groups excluding carboxylic acids is 2. The fourth-order valence-corrected chi connectivity index (χ4v) is 1.67. The number of carbonyl (C=O) groups is 2. The van der Waals surface area contributed by atoms with Crippen LogP contribution in [0.1, 0.15) is 19.8 Å². The van der Waals surface area contributed by atoms with E-state index in [1.54, 1.807) is 12.2 Å². The summed E-state index contributed by atoms with van der Waals surface area (Å²) >= 11 is 0. The van der Waals surface area contributed by atoms with E-state index in [2.05, 4.69) is 4.74 Å². The molecule has 0 aromatic heterocycles. The van der Waals surface area contributed by atoms with Crippen molar-refractivity contribution in [3.05, 3.63) is 12.2 Å². The molecule has 1 unspecified atom stereocenters. The molecule has 0 saturated carbocycles. The summed E-state index contributed by atoms with van der Waals surface area (Å²) in [5.74, 6) is -0.360. The first-order valence-corrected chi connectivity index (χ1v) is 5.33. The first kappa shape index (κ1) is 12.5. The smallest absolute Gasteiger partial charge is 0.410 e. The molecule has 90 valence electrons. The van der Waals surface area contributed by atoms with Gasteiger partial charge in [-0.2, -0.15) is 0 Å². The van der Waals surface area contributed by atoms with Gasteiger partial charge in [0.05, 0.1) is 7.11 Å². The van der Waals surface area contributed by atoms with Crippen LogP contribution in [0.25, 0.3) is 0 Å². The third kappa shape index (κ3) is 2.98. The van der Waals surface area contributed by atoms with Crippen LogP contribution in [0, 0.1) is 0 Å². The number of rotatable bonds is 3. The van der Waals surface area contributed by atoms with Crippen LogP contribution in [0.2, 0.25) is 0 Å². The van der Waals surface area contributed by atoms with Crippen LogP contribution in [-0.2, 0) is 14.3 Å². The van der Waals surface area contributed by atoms with E-state index in [4.69, 9.17) is 4.74 Å². The monoisotopic (exact) mass is 227 g/mol. The molecule has 0 aliphatic carbocycles. The SMILES string of the molecule is C/C=C/COC(=O)C1CCCN1C(=O)OC. The molecule has 0 N–H and O–H groups in total. The Labute approximate surface area is 95.0 Å². The maximum atomic E-state index is 11.6. The molecular formula is C11H17NO4. The van der Waals surface area contributed by atoms with Crippen LogP contribution in [0.4, 0.5) is 4.79 Å². The van der Waals surface area contributed by atoms with Crippen LogP contribution >= 0.6 is 0 Å². The highest BCUT2D eigenvalue weighted by Crippen LogP contribution is 2.19. The van der Waals surface area contributed by atoms with Crippen LogP contribution in [0.5, 0.6) is 0 Å². The van der Waals surface area contributed by atoms with E-state index in [0.717, 1.165) is 6.42 Å². The Morgan fingerprint density at radius 3 is 2.88 bits per heavy atom. The highest BCUT2D eigenvalue weighted by Gasteiger charge is 2.35. The molecule has 0 spiro atoms. The van der Waals surface area contributed by atoms with Crippen molar-refractivity contribution in [2.75, 3.05) is 20.3 Å². The van der Waals surface area contributed by atoms with Crippen molar-refractivity contribution in [2.45, 2.75) is 25.8 Å². The molecule has 5 nitrogen and oxygen atoms in total. The lowest BCUT2D eigenvalue weighted by Gasteiger charge is -2.21. The Morgan fingerprint density at radius 2 is 2.25 bits per heavy atom. The summed E-state index contributed by atoms with van der Waals surface area (Å²) in [4.78, 5) is 24.4. The van der Waals surface area contributed by atoms with Crippen molar-refractivity contribution < 1.29 is 19.1 Å². The van der Waals surface area contributed by atoms with E-state index in [1.807, 2.05) is 6.92 Å². The lowest BCUT2D eigenvalue weighted by molar-refractivity contribution is -0.147. The number of hydrogen-bond donors (Lipinski definition) is 0. The predicted molar refractivity (Wildman–Crippen MR) is 57.9 cm³/mol. The first-order chi connectivity index (χ1) is 7.70. The van der Waals surface area contributed by atoms with Crippen LogP contribution < -0.4 is 0 Å². The van der Waals surface area contributed by atoms with Crippen LogP contribution in [0.3, 0.4) is 0 Å². The Morgan fingerprint density at radius 1 is 1.50 bits per heavy atom. The van der Waals surface area contributed by atoms with Gasteiger partial charge in [0, 0.05) is 6.54 Å². The zero-order valence-electron chi connectivity index (χ0n) is 9.64. The van der Waals surface area contributed by atoms with Gasteiger partial charge in [-0.15, -0.1) is 0 Å². The van der Waals surface area contributed by atoms with Gasteiger partial charge in [0.25, 0.3) is 0 Å². The highest BCUT2D eigenvalue weighted by molar-refractivity contribution is 5.82. The van der Waals surface area contributed by atoms with E-state index in [9.17, 15) is 9.59 Å². The van der Waals surface area contributed by atoms with Crippen molar-refractivity contribution >= 4 is 12.1 Å². The minimum absolute atomic E-state index is 0.251. The Bertz CT molecular complexity index is 288. The predicted octanol–water partition coefficient (Wildman–Crippen LogP) is 1.34. The van der Waals surface area contributed by atoms with Gasteiger partial charge >= 0.3 is 12.1 Å². The normalized spacial score (nSPS) is 20.1. The van der Waals surface area contributed by atoms with Gasteiger partial charge in [0.15, 0.2) is 0 Å². The van der Waals surface area contributed by atoms with Crippen LogP contribution in [-0.4, -0.2) is 43.3 Å². The summed E-state index contributed by atoms with van der Waals surface area (Å²) in [7, 11) is 1.31. The number of amides is 1. The third-order valence-electron chi connectivity index (χ3n) is 2.49. The van der Waals surface area contributed by atoms with Gasteiger partial charge in [0.1, 0.15) is 12.6 Å². The molecule has 1 aliphatic heterocycles. The molecule has 1 rings (SSSR count). The van der Waals surface area contributed by atoms with Gasteiger partial charge < -0.3 is 9.47 Å². The van der Waals surface area contributed by atoms with Gasteiger partial charge in [0.2, 0.25) is 0 Å². The van der Waals surface area contributed by atoms with Crippen molar-refractivity contribution in [3.8, 4) is 0 Å². The standard InChI is InChI=1S/C11H17NO4/c1-3-4-8-16-10(13)9-6-5-7-12(9)11(14)15-2/h3-4,9H,5-8H2,1-2H3/b4-3+. The Kier molecular flexibility index (Phi) is 4.82. The number of hydrogen-bond acceptors (Lipinski definition) is 4. The molecule has 1 amide bonds. The lowest BCUT2D eigenvalue weighted by Crippen LogP contribution is -2.41. The van der Waals surface area contributed by atoms with Gasteiger partial charge in [-0.25, -0.2) is 9.59 Å². The summed E-state index contributed by atoms with van der Waals surface area (Å²) in [6.07, 6.45) is 4.53. The molecule has 0 radical (unpaired) electrons. The number of methoxy groups -OCH3 is 1. The molecular weight excluding hydrogens is 210 g/mol. The molecule has 1 saturated heterocycles. The van der Waals surface area contributed by atoms with E-state index >= 15 is 0 Å². The Balaban J connectivity index is 2.50. The lowest BCUT2D eigenvalue weighted by atomic mass is 10.2. The van der Waals surface area contributed by atoms with Crippen molar-refractivity contribution in [2.24, 2.45) is 0 Å².